The Labute approximate surface area is 141 Å². The zero-order valence-corrected chi connectivity index (χ0v) is 13.2. The molecule has 0 spiro atoms. The fraction of sp³-hybridized carbons (Fsp3) is 0.125. The van der Waals surface area contributed by atoms with Gasteiger partial charge >= 0.3 is 5.97 Å². The second-order valence-corrected chi connectivity index (χ2v) is 5.32. The van der Waals surface area contributed by atoms with Crippen molar-refractivity contribution in [3.8, 4) is 0 Å². The Kier molecular flexibility index (Phi) is 5.25. The van der Waals surface area contributed by atoms with Crippen molar-refractivity contribution in [1.82, 2.24) is 0 Å². The van der Waals surface area contributed by atoms with Crippen LogP contribution in [-0.4, -0.2) is 23.3 Å². The topological polar surface area (TPSA) is 86.5 Å². The number of rotatable bonds is 5. The summed E-state index contributed by atoms with van der Waals surface area (Å²) in [6.07, 6.45) is 0. The second-order valence-electron chi connectivity index (χ2n) is 4.88. The van der Waals surface area contributed by atoms with Crippen molar-refractivity contribution in [3.05, 3.63) is 74.0 Å². The number of carbonyl (C=O) groups is 2. The molecule has 2 rings (SSSR count). The molecule has 0 saturated heterocycles. The van der Waals surface area contributed by atoms with E-state index in [2.05, 4.69) is 0 Å². The van der Waals surface area contributed by atoms with Gasteiger partial charge in [-0.3, -0.25) is 14.9 Å². The summed E-state index contributed by atoms with van der Waals surface area (Å²) in [6.45, 7) is 0.872. The van der Waals surface area contributed by atoms with Gasteiger partial charge in [0.2, 0.25) is 5.78 Å². The Bertz CT molecular complexity index is 837. The first kappa shape index (κ1) is 17.6. The lowest BCUT2D eigenvalue weighted by molar-refractivity contribution is -0.385. The number of ketones is 1. The first-order chi connectivity index (χ1) is 11.3. The highest BCUT2D eigenvalue weighted by atomic mass is 35.5. The van der Waals surface area contributed by atoms with Crippen LogP contribution in [0.1, 0.15) is 26.3 Å². The average molecular weight is 352 g/mol. The summed E-state index contributed by atoms with van der Waals surface area (Å²) in [6, 6.07) is 7.32. The third-order valence-corrected chi connectivity index (χ3v) is 3.45. The molecule has 0 saturated carbocycles. The van der Waals surface area contributed by atoms with Gasteiger partial charge in [-0.05, 0) is 25.1 Å². The van der Waals surface area contributed by atoms with Crippen LogP contribution in [0, 0.1) is 22.9 Å². The molecular formula is C16H11ClFNO5. The number of carbonyl (C=O) groups excluding carboxylic acids is 2. The number of aryl methyl sites for hydroxylation is 1. The predicted octanol–water partition coefficient (Wildman–Crippen LogP) is 3.74. The standard InChI is InChI=1S/C16H11ClFNO5/c1-9-2-3-10(6-14(9)19(22)23)15(20)8-24-16(21)12-5-4-11(17)7-13(12)18/h2-7H,8H2,1H3. The van der Waals surface area contributed by atoms with Crippen LogP contribution in [0.5, 0.6) is 0 Å². The Morgan fingerprint density at radius 3 is 2.58 bits per heavy atom. The fourth-order valence-electron chi connectivity index (χ4n) is 1.93. The van der Waals surface area contributed by atoms with Crippen LogP contribution in [0.2, 0.25) is 5.02 Å². The molecule has 6 nitrogen and oxygen atoms in total. The van der Waals surface area contributed by atoms with E-state index in [0.29, 0.717) is 5.56 Å². The zero-order valence-electron chi connectivity index (χ0n) is 12.4. The first-order valence-corrected chi connectivity index (χ1v) is 7.08. The van der Waals surface area contributed by atoms with Gasteiger partial charge in [-0.2, -0.15) is 0 Å². The average Bonchev–Trinajstić information content (AvgIpc) is 2.52. The monoisotopic (exact) mass is 351 g/mol. The van der Waals surface area contributed by atoms with Gasteiger partial charge in [0.15, 0.2) is 6.61 Å². The summed E-state index contributed by atoms with van der Waals surface area (Å²) in [5.41, 5.74) is -0.147. The minimum atomic E-state index is -1.03. The number of nitrogens with zero attached hydrogens (tertiary/aromatic N) is 1. The second kappa shape index (κ2) is 7.18. The molecule has 2 aromatic carbocycles. The molecule has 0 aliphatic carbocycles. The molecule has 0 radical (unpaired) electrons. The van der Waals surface area contributed by atoms with E-state index in [1.807, 2.05) is 0 Å². The molecule has 0 heterocycles. The number of esters is 1. The normalized spacial score (nSPS) is 10.3. The van der Waals surface area contributed by atoms with Gasteiger partial charge in [0.1, 0.15) is 5.82 Å². The molecule has 0 atom stereocenters. The Hall–Kier alpha value is -2.80. The van der Waals surface area contributed by atoms with Gasteiger partial charge in [0.05, 0.1) is 10.5 Å². The Morgan fingerprint density at radius 1 is 1.25 bits per heavy atom. The molecule has 24 heavy (non-hydrogen) atoms. The van der Waals surface area contributed by atoms with Crippen molar-refractivity contribution in [3.63, 3.8) is 0 Å². The highest BCUT2D eigenvalue weighted by Crippen LogP contribution is 2.20. The van der Waals surface area contributed by atoms with E-state index in [9.17, 15) is 24.1 Å². The van der Waals surface area contributed by atoms with Crippen molar-refractivity contribution in [2.45, 2.75) is 6.92 Å². The van der Waals surface area contributed by atoms with Crippen LogP contribution in [0.4, 0.5) is 10.1 Å². The van der Waals surface area contributed by atoms with Gasteiger partial charge in [0, 0.05) is 22.2 Å². The SMILES string of the molecule is Cc1ccc(C(=O)COC(=O)c2ccc(Cl)cc2F)cc1[N+](=O)[O-]. The zero-order chi connectivity index (χ0) is 17.9. The molecule has 8 heteroatoms. The third-order valence-electron chi connectivity index (χ3n) is 3.21. The summed E-state index contributed by atoms with van der Waals surface area (Å²) in [7, 11) is 0. The third kappa shape index (κ3) is 3.94. The largest absolute Gasteiger partial charge is 0.454 e. The number of hydrogen-bond acceptors (Lipinski definition) is 5. The number of nitro groups is 1. The highest BCUT2D eigenvalue weighted by molar-refractivity contribution is 6.30. The van der Waals surface area contributed by atoms with E-state index in [0.717, 1.165) is 18.2 Å². The van der Waals surface area contributed by atoms with E-state index in [1.165, 1.54) is 25.1 Å². The van der Waals surface area contributed by atoms with Crippen molar-refractivity contribution in [2.24, 2.45) is 0 Å². The van der Waals surface area contributed by atoms with Crippen molar-refractivity contribution in [2.75, 3.05) is 6.61 Å². The number of hydrogen-bond donors (Lipinski definition) is 0. The lowest BCUT2D eigenvalue weighted by Crippen LogP contribution is -2.15. The van der Waals surface area contributed by atoms with E-state index in [4.69, 9.17) is 16.3 Å². The molecule has 0 bridgehead atoms. The molecule has 0 aliphatic rings. The maximum atomic E-state index is 13.6. The van der Waals surface area contributed by atoms with Gasteiger partial charge in [-0.15, -0.1) is 0 Å². The maximum Gasteiger partial charge on any atom is 0.341 e. The Morgan fingerprint density at radius 2 is 1.96 bits per heavy atom. The van der Waals surface area contributed by atoms with Crippen LogP contribution in [0.25, 0.3) is 0 Å². The fourth-order valence-corrected chi connectivity index (χ4v) is 2.09. The van der Waals surface area contributed by atoms with Crippen LogP contribution < -0.4 is 0 Å². The molecule has 0 aliphatic heterocycles. The van der Waals surface area contributed by atoms with Gasteiger partial charge < -0.3 is 4.74 Å². The molecular weight excluding hydrogens is 341 g/mol. The van der Waals surface area contributed by atoms with Crippen LogP contribution in [0.3, 0.4) is 0 Å². The summed E-state index contributed by atoms with van der Waals surface area (Å²) >= 11 is 5.58. The number of ether oxygens (including phenoxy) is 1. The van der Waals surface area contributed by atoms with Crippen LogP contribution in [0.15, 0.2) is 36.4 Å². The predicted molar refractivity (Wildman–Crippen MR) is 83.9 cm³/mol. The smallest absolute Gasteiger partial charge is 0.341 e. The number of halogens is 2. The lowest BCUT2D eigenvalue weighted by Gasteiger charge is -2.06. The lowest BCUT2D eigenvalue weighted by atomic mass is 10.1. The number of benzene rings is 2. The van der Waals surface area contributed by atoms with E-state index in [-0.39, 0.29) is 21.8 Å². The molecule has 0 N–H and O–H groups in total. The molecule has 0 unspecified atom stereocenters. The summed E-state index contributed by atoms with van der Waals surface area (Å²) < 4.78 is 18.3. The molecule has 0 fully saturated rings. The first-order valence-electron chi connectivity index (χ1n) is 6.70. The highest BCUT2D eigenvalue weighted by Gasteiger charge is 2.18. The number of nitro benzene ring substituents is 1. The van der Waals surface area contributed by atoms with E-state index < -0.39 is 29.1 Å². The quantitative estimate of drug-likeness (QED) is 0.354. The number of Topliss-reactive ketones (excluding diaryl/α,β-unsaturated/α-hetero) is 1. The van der Waals surface area contributed by atoms with Crippen molar-refractivity contribution < 1.29 is 23.6 Å². The molecule has 0 amide bonds. The van der Waals surface area contributed by atoms with Crippen molar-refractivity contribution >= 4 is 29.0 Å². The van der Waals surface area contributed by atoms with E-state index >= 15 is 0 Å². The minimum Gasteiger partial charge on any atom is -0.454 e. The summed E-state index contributed by atoms with van der Waals surface area (Å²) in [4.78, 5) is 34.0. The summed E-state index contributed by atoms with van der Waals surface area (Å²) in [5.74, 6) is -2.54. The van der Waals surface area contributed by atoms with E-state index in [1.54, 1.807) is 0 Å². The van der Waals surface area contributed by atoms with Gasteiger partial charge in [0.25, 0.3) is 5.69 Å². The van der Waals surface area contributed by atoms with Crippen LogP contribution in [-0.2, 0) is 4.74 Å². The van der Waals surface area contributed by atoms with Gasteiger partial charge in [-0.25, -0.2) is 9.18 Å². The minimum absolute atomic E-state index is 0.0247. The van der Waals surface area contributed by atoms with Crippen molar-refractivity contribution in [1.29, 1.82) is 0 Å². The van der Waals surface area contributed by atoms with Crippen LogP contribution >= 0.6 is 11.6 Å². The summed E-state index contributed by atoms with van der Waals surface area (Å²) in [5, 5.41) is 11.0. The van der Waals surface area contributed by atoms with Gasteiger partial charge in [-0.1, -0.05) is 23.7 Å². The maximum absolute atomic E-state index is 13.6. The molecule has 124 valence electrons. The Balaban J connectivity index is 2.09. The molecule has 2 aromatic rings. The molecule has 0 aromatic heterocycles.